The molecule has 2 aliphatic heterocycles. The maximum Gasteiger partial charge on any atom is 0.312 e. The van der Waals surface area contributed by atoms with Crippen LogP contribution < -0.4 is 0 Å². The Kier molecular flexibility index (Phi) is 3.39. The summed E-state index contributed by atoms with van der Waals surface area (Å²) >= 11 is 3.45. The molecule has 2 fully saturated rings. The third kappa shape index (κ3) is 2.31. The molecule has 18 heavy (non-hydrogen) atoms. The monoisotopic (exact) mass is 310 g/mol. The number of halogens is 1. The Morgan fingerprint density at radius 2 is 2.22 bits per heavy atom. The number of rotatable bonds is 3. The molecule has 4 heteroatoms. The number of carbonyl (C=O) groups excluding carboxylic acids is 1. The molecule has 0 saturated carbocycles. The number of hydrogen-bond acceptors (Lipinski definition) is 3. The van der Waals surface area contributed by atoms with Gasteiger partial charge in [-0.05, 0) is 25.3 Å². The SMILES string of the molecule is O=C(OCc1ccccc1Br)[C@H]1C[C@H]2CC[C@H]1O2. The smallest absolute Gasteiger partial charge is 0.312 e. The van der Waals surface area contributed by atoms with Crippen LogP contribution in [-0.2, 0) is 20.9 Å². The van der Waals surface area contributed by atoms with Crippen LogP contribution in [0.2, 0.25) is 0 Å². The number of fused-ring (bicyclic) bond motifs is 2. The summed E-state index contributed by atoms with van der Waals surface area (Å²) in [5.41, 5.74) is 0.995. The number of esters is 1. The fraction of sp³-hybridized carbons (Fsp3) is 0.500. The summed E-state index contributed by atoms with van der Waals surface area (Å²) in [6.07, 6.45) is 3.31. The summed E-state index contributed by atoms with van der Waals surface area (Å²) in [6.45, 7) is 0.328. The van der Waals surface area contributed by atoms with Gasteiger partial charge in [0, 0.05) is 10.0 Å². The molecule has 0 aromatic heterocycles. The van der Waals surface area contributed by atoms with Crippen molar-refractivity contribution in [2.45, 2.75) is 38.1 Å². The highest BCUT2D eigenvalue weighted by Crippen LogP contribution is 2.39. The van der Waals surface area contributed by atoms with Crippen LogP contribution in [0.4, 0.5) is 0 Å². The molecule has 0 N–H and O–H groups in total. The molecule has 3 nitrogen and oxygen atoms in total. The fourth-order valence-corrected chi connectivity index (χ4v) is 3.16. The van der Waals surface area contributed by atoms with Crippen molar-refractivity contribution in [1.29, 1.82) is 0 Å². The molecule has 2 bridgehead atoms. The van der Waals surface area contributed by atoms with Gasteiger partial charge in [-0.25, -0.2) is 0 Å². The number of ether oxygens (including phenoxy) is 2. The van der Waals surface area contributed by atoms with E-state index in [0.717, 1.165) is 29.3 Å². The van der Waals surface area contributed by atoms with Crippen LogP contribution in [0.15, 0.2) is 28.7 Å². The van der Waals surface area contributed by atoms with Gasteiger partial charge in [0.15, 0.2) is 0 Å². The molecule has 1 aromatic carbocycles. The van der Waals surface area contributed by atoms with E-state index in [4.69, 9.17) is 9.47 Å². The van der Waals surface area contributed by atoms with E-state index >= 15 is 0 Å². The van der Waals surface area contributed by atoms with Crippen LogP contribution in [0.1, 0.15) is 24.8 Å². The average molecular weight is 311 g/mol. The highest BCUT2D eigenvalue weighted by molar-refractivity contribution is 9.10. The molecule has 2 aliphatic rings. The second-order valence-electron chi connectivity index (χ2n) is 4.92. The van der Waals surface area contributed by atoms with Gasteiger partial charge in [0.1, 0.15) is 6.61 Å². The summed E-state index contributed by atoms with van der Waals surface area (Å²) in [6, 6.07) is 7.78. The third-order valence-corrected chi connectivity index (χ3v) is 4.51. The number of benzene rings is 1. The van der Waals surface area contributed by atoms with Crippen molar-refractivity contribution >= 4 is 21.9 Å². The van der Waals surface area contributed by atoms with Crippen LogP contribution in [0.3, 0.4) is 0 Å². The van der Waals surface area contributed by atoms with E-state index in [2.05, 4.69) is 15.9 Å². The van der Waals surface area contributed by atoms with Crippen molar-refractivity contribution in [2.75, 3.05) is 0 Å². The molecule has 0 unspecified atom stereocenters. The quantitative estimate of drug-likeness (QED) is 0.805. The normalized spacial score (nSPS) is 29.5. The standard InChI is InChI=1S/C14H15BrO3/c15-12-4-2-1-3-9(12)8-17-14(16)11-7-10-5-6-13(11)18-10/h1-4,10-11,13H,5-8H2/t10-,11+,13-/m1/s1. The highest BCUT2D eigenvalue weighted by atomic mass is 79.9. The molecule has 0 aliphatic carbocycles. The third-order valence-electron chi connectivity index (χ3n) is 3.74. The lowest BCUT2D eigenvalue weighted by molar-refractivity contribution is -0.151. The molecule has 0 amide bonds. The largest absolute Gasteiger partial charge is 0.460 e. The Morgan fingerprint density at radius 1 is 1.39 bits per heavy atom. The first-order chi connectivity index (χ1) is 8.74. The lowest BCUT2D eigenvalue weighted by atomic mass is 9.89. The number of carbonyl (C=O) groups is 1. The predicted octanol–water partition coefficient (Wildman–Crippen LogP) is 3.06. The topological polar surface area (TPSA) is 35.5 Å². The second kappa shape index (κ2) is 5.02. The van der Waals surface area contributed by atoms with Crippen LogP contribution >= 0.6 is 15.9 Å². The van der Waals surface area contributed by atoms with E-state index < -0.39 is 0 Å². The van der Waals surface area contributed by atoms with Gasteiger partial charge < -0.3 is 9.47 Å². The minimum Gasteiger partial charge on any atom is -0.460 e. The van der Waals surface area contributed by atoms with Gasteiger partial charge in [-0.15, -0.1) is 0 Å². The molecule has 0 spiro atoms. The van der Waals surface area contributed by atoms with Gasteiger partial charge in [0.2, 0.25) is 0 Å². The summed E-state index contributed by atoms with van der Waals surface area (Å²) in [4.78, 5) is 12.0. The lowest BCUT2D eigenvalue weighted by Crippen LogP contribution is -2.27. The summed E-state index contributed by atoms with van der Waals surface area (Å²) in [5.74, 6) is -0.163. The van der Waals surface area contributed by atoms with Crippen molar-refractivity contribution in [2.24, 2.45) is 5.92 Å². The molecule has 3 atom stereocenters. The molecule has 3 rings (SSSR count). The van der Waals surface area contributed by atoms with E-state index in [0.29, 0.717) is 6.61 Å². The van der Waals surface area contributed by atoms with Crippen molar-refractivity contribution in [3.8, 4) is 0 Å². The Labute approximate surface area is 115 Å². The first kappa shape index (κ1) is 12.2. The Balaban J connectivity index is 1.58. The highest BCUT2D eigenvalue weighted by Gasteiger charge is 2.45. The van der Waals surface area contributed by atoms with Crippen molar-refractivity contribution in [1.82, 2.24) is 0 Å². The van der Waals surface area contributed by atoms with E-state index in [1.165, 1.54) is 0 Å². The van der Waals surface area contributed by atoms with Crippen molar-refractivity contribution < 1.29 is 14.3 Å². The van der Waals surface area contributed by atoms with Crippen LogP contribution in [0.5, 0.6) is 0 Å². The van der Waals surface area contributed by atoms with Crippen LogP contribution in [-0.4, -0.2) is 18.2 Å². The lowest BCUT2D eigenvalue weighted by Gasteiger charge is -2.17. The van der Waals surface area contributed by atoms with Gasteiger partial charge in [-0.1, -0.05) is 34.1 Å². The first-order valence-electron chi connectivity index (χ1n) is 6.29. The van der Waals surface area contributed by atoms with Gasteiger partial charge in [0.05, 0.1) is 18.1 Å². The van der Waals surface area contributed by atoms with Crippen molar-refractivity contribution in [3.05, 3.63) is 34.3 Å². The molecular formula is C14H15BrO3. The van der Waals surface area contributed by atoms with Gasteiger partial charge in [0.25, 0.3) is 0 Å². The van der Waals surface area contributed by atoms with Crippen LogP contribution in [0.25, 0.3) is 0 Å². The van der Waals surface area contributed by atoms with Gasteiger partial charge >= 0.3 is 5.97 Å². The predicted molar refractivity (Wildman–Crippen MR) is 69.9 cm³/mol. The molecule has 0 radical (unpaired) electrons. The van der Waals surface area contributed by atoms with Crippen LogP contribution in [0, 0.1) is 5.92 Å². The van der Waals surface area contributed by atoms with E-state index in [-0.39, 0.29) is 24.1 Å². The Bertz CT molecular complexity index is 460. The summed E-state index contributed by atoms with van der Waals surface area (Å²) < 4.78 is 12.0. The summed E-state index contributed by atoms with van der Waals surface area (Å²) in [5, 5.41) is 0. The van der Waals surface area contributed by atoms with E-state index in [1.807, 2.05) is 24.3 Å². The maximum atomic E-state index is 12.0. The maximum absolute atomic E-state index is 12.0. The van der Waals surface area contributed by atoms with E-state index in [9.17, 15) is 4.79 Å². The minimum atomic E-state index is -0.113. The fourth-order valence-electron chi connectivity index (χ4n) is 2.76. The zero-order valence-electron chi connectivity index (χ0n) is 9.97. The Hall–Kier alpha value is -0.870. The Morgan fingerprint density at radius 3 is 2.89 bits per heavy atom. The van der Waals surface area contributed by atoms with Crippen molar-refractivity contribution in [3.63, 3.8) is 0 Å². The van der Waals surface area contributed by atoms with E-state index in [1.54, 1.807) is 0 Å². The molecular weight excluding hydrogens is 296 g/mol. The molecule has 96 valence electrons. The first-order valence-corrected chi connectivity index (χ1v) is 7.09. The minimum absolute atomic E-state index is 0.0498. The molecule has 2 heterocycles. The van der Waals surface area contributed by atoms with Gasteiger partial charge in [-0.2, -0.15) is 0 Å². The van der Waals surface area contributed by atoms with Gasteiger partial charge in [-0.3, -0.25) is 4.79 Å². The summed E-state index contributed by atoms with van der Waals surface area (Å²) in [7, 11) is 0. The zero-order valence-corrected chi connectivity index (χ0v) is 11.6. The average Bonchev–Trinajstić information content (AvgIpc) is 2.99. The molecule has 1 aromatic rings. The number of hydrogen-bond donors (Lipinski definition) is 0. The zero-order chi connectivity index (χ0) is 12.5. The molecule has 2 saturated heterocycles. The second-order valence-corrected chi connectivity index (χ2v) is 5.77.